The number of H-pyrrole nitrogens is 1. The summed E-state index contributed by atoms with van der Waals surface area (Å²) in [4.78, 5) is 3.38. The van der Waals surface area contributed by atoms with Gasteiger partial charge in [0.15, 0.2) is 17.4 Å². The van der Waals surface area contributed by atoms with Crippen molar-refractivity contribution in [3.8, 4) is 0 Å². The molecule has 0 atom stereocenters. The van der Waals surface area contributed by atoms with E-state index in [1.807, 2.05) is 0 Å². The highest BCUT2D eigenvalue weighted by Gasteiger charge is 2.00. The monoisotopic (exact) mass is 233 g/mol. The first-order valence-electron chi connectivity index (χ1n) is 4.40. The Balaban J connectivity index is 0.000000562. The normalized spacial score (nSPS) is 9.60. The number of halogens is 1. The molecule has 0 radical (unpaired) electrons. The lowest BCUT2D eigenvalue weighted by atomic mass is 10.2. The summed E-state index contributed by atoms with van der Waals surface area (Å²) in [7, 11) is 0. The largest absolute Gasteiger partial charge is 0.355 e. The van der Waals surface area contributed by atoms with Crippen LogP contribution in [0.3, 0.4) is 0 Å². The van der Waals surface area contributed by atoms with Crippen LogP contribution in [0.5, 0.6) is 0 Å². The Morgan fingerprint density at radius 2 is 1.07 bits per heavy atom. The molecular weight excluding hydrogens is 221 g/mol. The molecule has 1 aromatic heterocycles. The highest BCUT2D eigenvalue weighted by Crippen LogP contribution is 2.24. The summed E-state index contributed by atoms with van der Waals surface area (Å²) in [6.45, 7) is 0. The quantitative estimate of drug-likeness (QED) is 0.575. The molecule has 3 heteroatoms. The average molecular weight is 234 g/mol. The van der Waals surface area contributed by atoms with Crippen LogP contribution < -0.4 is 0 Å². The molecule has 0 spiro atoms. The smallest absolute Gasteiger partial charge is 0.187 e. The van der Waals surface area contributed by atoms with E-state index in [9.17, 15) is 0 Å². The van der Waals surface area contributed by atoms with Gasteiger partial charge in [-0.2, -0.15) is 0 Å². The SMILES string of the molecule is Cl.[AlH3].c1ccc2c(c1)[nH]c1ccccc12. The van der Waals surface area contributed by atoms with Crippen LogP contribution in [0, 0.1) is 0 Å². The minimum atomic E-state index is 0. The molecule has 76 valence electrons. The zero-order chi connectivity index (χ0) is 8.67. The maximum absolute atomic E-state index is 3.38. The lowest BCUT2D eigenvalue weighted by molar-refractivity contribution is 1.55. The topological polar surface area (TPSA) is 15.8 Å². The number of hydrogen-bond donors (Lipinski definition) is 1. The predicted molar refractivity (Wildman–Crippen MR) is 73.0 cm³/mol. The number of rotatable bonds is 0. The molecule has 15 heavy (non-hydrogen) atoms. The van der Waals surface area contributed by atoms with Crippen LogP contribution in [-0.2, 0) is 0 Å². The Hall–Kier alpha value is -0.938. The van der Waals surface area contributed by atoms with E-state index in [1.165, 1.54) is 21.8 Å². The Morgan fingerprint density at radius 1 is 0.667 bits per heavy atom. The van der Waals surface area contributed by atoms with Crippen molar-refractivity contribution in [2.45, 2.75) is 0 Å². The van der Waals surface area contributed by atoms with E-state index >= 15 is 0 Å². The van der Waals surface area contributed by atoms with Gasteiger partial charge >= 0.3 is 0 Å². The molecule has 0 fully saturated rings. The van der Waals surface area contributed by atoms with Crippen LogP contribution in [0.25, 0.3) is 21.8 Å². The van der Waals surface area contributed by atoms with Crippen LogP contribution in [0.1, 0.15) is 0 Å². The third kappa shape index (κ3) is 1.89. The van der Waals surface area contributed by atoms with Crippen molar-refractivity contribution in [1.82, 2.24) is 4.98 Å². The van der Waals surface area contributed by atoms with Gasteiger partial charge in [-0.1, -0.05) is 36.4 Å². The minimum Gasteiger partial charge on any atom is -0.355 e. The second-order valence-electron chi connectivity index (χ2n) is 3.22. The van der Waals surface area contributed by atoms with Gasteiger partial charge in [-0.3, -0.25) is 0 Å². The van der Waals surface area contributed by atoms with Gasteiger partial charge in [-0.15, -0.1) is 12.4 Å². The first-order valence-corrected chi connectivity index (χ1v) is 4.40. The second-order valence-corrected chi connectivity index (χ2v) is 3.22. The van der Waals surface area contributed by atoms with Crippen molar-refractivity contribution in [2.75, 3.05) is 0 Å². The van der Waals surface area contributed by atoms with Gasteiger partial charge in [-0.05, 0) is 12.1 Å². The third-order valence-corrected chi connectivity index (χ3v) is 2.41. The van der Waals surface area contributed by atoms with E-state index in [2.05, 4.69) is 53.5 Å². The summed E-state index contributed by atoms with van der Waals surface area (Å²) in [6, 6.07) is 16.8. The minimum absolute atomic E-state index is 0. The van der Waals surface area contributed by atoms with Crippen LogP contribution in [0.15, 0.2) is 48.5 Å². The van der Waals surface area contributed by atoms with Gasteiger partial charge in [0.2, 0.25) is 0 Å². The van der Waals surface area contributed by atoms with E-state index in [0.29, 0.717) is 0 Å². The molecule has 0 saturated carbocycles. The highest BCUT2D eigenvalue weighted by atomic mass is 35.5. The van der Waals surface area contributed by atoms with E-state index in [0.717, 1.165) is 0 Å². The van der Waals surface area contributed by atoms with E-state index in [4.69, 9.17) is 0 Å². The highest BCUT2D eigenvalue weighted by molar-refractivity contribution is 6.06. The molecule has 1 nitrogen and oxygen atoms in total. The molecular formula is C12H13AlClN. The lowest BCUT2D eigenvalue weighted by Crippen LogP contribution is -1.62. The lowest BCUT2D eigenvalue weighted by Gasteiger charge is -1.87. The van der Waals surface area contributed by atoms with Gasteiger partial charge in [-0.25, -0.2) is 0 Å². The molecule has 0 aliphatic heterocycles. The van der Waals surface area contributed by atoms with E-state index < -0.39 is 0 Å². The molecule has 1 heterocycles. The molecule has 0 aliphatic rings. The number of hydrogen-bond acceptors (Lipinski definition) is 0. The molecule has 1 N–H and O–H groups in total. The van der Waals surface area contributed by atoms with Crippen LogP contribution in [0.2, 0.25) is 0 Å². The number of aromatic amines is 1. The third-order valence-electron chi connectivity index (χ3n) is 2.41. The van der Waals surface area contributed by atoms with Crippen molar-refractivity contribution in [3.05, 3.63) is 48.5 Å². The summed E-state index contributed by atoms with van der Waals surface area (Å²) in [5, 5.41) is 2.61. The number of nitrogens with one attached hydrogen (secondary N) is 1. The first kappa shape index (κ1) is 12.1. The van der Waals surface area contributed by atoms with E-state index in [-0.39, 0.29) is 29.8 Å². The summed E-state index contributed by atoms with van der Waals surface area (Å²) < 4.78 is 0. The van der Waals surface area contributed by atoms with Gasteiger partial charge in [0.25, 0.3) is 0 Å². The zero-order valence-corrected chi connectivity index (χ0v) is 8.34. The molecule has 0 aliphatic carbocycles. The summed E-state index contributed by atoms with van der Waals surface area (Å²) >= 11 is 0. The Kier molecular flexibility index (Phi) is 3.82. The fourth-order valence-electron chi connectivity index (χ4n) is 1.80. The number of fused-ring (bicyclic) bond motifs is 3. The second kappa shape index (κ2) is 4.72. The van der Waals surface area contributed by atoms with Gasteiger partial charge in [0, 0.05) is 21.8 Å². The van der Waals surface area contributed by atoms with Gasteiger partial charge < -0.3 is 4.98 Å². The van der Waals surface area contributed by atoms with Crippen LogP contribution >= 0.6 is 12.4 Å². The van der Waals surface area contributed by atoms with Crippen LogP contribution in [-0.4, -0.2) is 22.3 Å². The first-order chi connectivity index (χ1) is 6.45. The molecule has 0 bridgehead atoms. The zero-order valence-electron chi connectivity index (χ0n) is 7.53. The standard InChI is InChI=1S/C12H9N.Al.ClH.3H/c1-3-7-11-9(5-1)10-6-2-4-8-12(10)13-11;;;;;/h1-8,13H;;1H;;;. The summed E-state index contributed by atoms with van der Waals surface area (Å²) in [6.07, 6.45) is 0. The van der Waals surface area contributed by atoms with E-state index in [1.54, 1.807) is 0 Å². The summed E-state index contributed by atoms with van der Waals surface area (Å²) in [5.74, 6) is 0. The van der Waals surface area contributed by atoms with Crippen molar-refractivity contribution >= 4 is 51.6 Å². The average Bonchev–Trinajstić information content (AvgIpc) is 2.56. The van der Waals surface area contributed by atoms with Crippen molar-refractivity contribution in [3.63, 3.8) is 0 Å². The Morgan fingerprint density at radius 3 is 1.53 bits per heavy atom. The fourth-order valence-corrected chi connectivity index (χ4v) is 1.80. The van der Waals surface area contributed by atoms with Gasteiger partial charge in [0.05, 0.1) is 0 Å². The molecule has 2 aromatic carbocycles. The Labute approximate surface area is 105 Å². The van der Waals surface area contributed by atoms with Crippen molar-refractivity contribution in [2.24, 2.45) is 0 Å². The molecule has 3 rings (SSSR count). The number of para-hydroxylation sites is 2. The van der Waals surface area contributed by atoms with Crippen molar-refractivity contribution in [1.29, 1.82) is 0 Å². The fraction of sp³-hybridized carbons (Fsp3) is 0. The maximum atomic E-state index is 3.38. The number of benzene rings is 2. The predicted octanol–water partition coefficient (Wildman–Crippen LogP) is 2.56. The summed E-state index contributed by atoms with van der Waals surface area (Å²) in [5.41, 5.74) is 2.42. The molecule has 0 amide bonds. The molecule has 3 aromatic rings. The molecule has 0 saturated heterocycles. The Bertz CT molecular complexity index is 523. The molecule has 0 unspecified atom stereocenters. The van der Waals surface area contributed by atoms with Crippen molar-refractivity contribution < 1.29 is 0 Å². The number of aromatic nitrogens is 1. The van der Waals surface area contributed by atoms with Crippen LogP contribution in [0.4, 0.5) is 0 Å². The van der Waals surface area contributed by atoms with Gasteiger partial charge in [0.1, 0.15) is 0 Å². The maximum Gasteiger partial charge on any atom is 0.187 e.